The highest BCUT2D eigenvalue weighted by Gasteiger charge is 2.29. The normalized spacial score (nSPS) is 24.7. The highest BCUT2D eigenvalue weighted by atomic mass is 19.1. The van der Waals surface area contributed by atoms with Crippen LogP contribution in [-0.2, 0) is 0 Å². The van der Waals surface area contributed by atoms with Gasteiger partial charge in [-0.3, -0.25) is 15.1 Å². The third kappa shape index (κ3) is 2.33. The molecule has 0 radical (unpaired) electrons. The molecule has 2 heterocycles. The number of hydrogen-bond donors (Lipinski definition) is 1. The first-order valence-electron chi connectivity index (χ1n) is 5.32. The van der Waals surface area contributed by atoms with Crippen molar-refractivity contribution in [1.82, 2.24) is 4.98 Å². The van der Waals surface area contributed by atoms with Gasteiger partial charge in [0.25, 0.3) is 0 Å². The highest BCUT2D eigenvalue weighted by molar-refractivity contribution is 5.62. The number of halogens is 1. The van der Waals surface area contributed by atoms with E-state index in [1.807, 2.05) is 0 Å². The van der Waals surface area contributed by atoms with Crippen molar-refractivity contribution in [2.75, 3.05) is 18.0 Å². The summed E-state index contributed by atoms with van der Waals surface area (Å²) in [7, 11) is 0. The Hall–Kier alpha value is -1.76. The minimum absolute atomic E-state index is 0.0722. The number of piperidine rings is 1. The van der Waals surface area contributed by atoms with Gasteiger partial charge in [-0.1, -0.05) is 0 Å². The van der Waals surface area contributed by atoms with E-state index in [-0.39, 0.29) is 12.2 Å². The van der Waals surface area contributed by atoms with Crippen LogP contribution in [0.4, 0.5) is 15.8 Å². The lowest BCUT2D eigenvalue weighted by Crippen LogP contribution is -2.49. The number of nitro groups is 1. The van der Waals surface area contributed by atoms with Crippen molar-refractivity contribution in [2.45, 2.75) is 18.6 Å². The fraction of sp³-hybridized carbons (Fsp3) is 0.500. The molecular formula is C10H13FN4O2. The van der Waals surface area contributed by atoms with Crippen LogP contribution in [-0.4, -0.2) is 35.2 Å². The number of nitrogens with two attached hydrogens (primary N) is 1. The molecule has 1 aliphatic heterocycles. The predicted molar refractivity (Wildman–Crippen MR) is 60.6 cm³/mol. The third-order valence-corrected chi connectivity index (χ3v) is 2.89. The average Bonchev–Trinajstić information content (AvgIpc) is 2.32. The Morgan fingerprint density at radius 3 is 3.06 bits per heavy atom. The molecule has 0 aromatic carbocycles. The summed E-state index contributed by atoms with van der Waals surface area (Å²) in [6.07, 6.45) is 1.94. The SMILES string of the molecule is NC1CN(c2ccncc2[N+](=O)[O-])CCC1F. The van der Waals surface area contributed by atoms with Crippen molar-refractivity contribution in [3.05, 3.63) is 28.6 Å². The van der Waals surface area contributed by atoms with Gasteiger partial charge in [0.2, 0.25) is 0 Å². The summed E-state index contributed by atoms with van der Waals surface area (Å²) < 4.78 is 13.2. The number of nitrogens with zero attached hydrogens (tertiary/aromatic N) is 3. The Bertz CT molecular complexity index is 429. The van der Waals surface area contributed by atoms with E-state index in [0.717, 1.165) is 0 Å². The van der Waals surface area contributed by atoms with Gasteiger partial charge < -0.3 is 10.6 Å². The molecule has 2 unspecified atom stereocenters. The second-order valence-corrected chi connectivity index (χ2v) is 4.04. The molecule has 0 saturated carbocycles. The maximum Gasteiger partial charge on any atom is 0.310 e. The van der Waals surface area contributed by atoms with Gasteiger partial charge in [0.1, 0.15) is 18.1 Å². The Morgan fingerprint density at radius 2 is 2.41 bits per heavy atom. The monoisotopic (exact) mass is 240 g/mol. The zero-order valence-corrected chi connectivity index (χ0v) is 9.12. The predicted octanol–water partition coefficient (Wildman–Crippen LogP) is 0.865. The molecule has 92 valence electrons. The zero-order chi connectivity index (χ0) is 12.4. The summed E-state index contributed by atoms with van der Waals surface area (Å²) in [5.74, 6) is 0. The van der Waals surface area contributed by atoms with Crippen LogP contribution in [0.2, 0.25) is 0 Å². The first-order chi connectivity index (χ1) is 8.09. The first kappa shape index (κ1) is 11.7. The second kappa shape index (κ2) is 4.62. The van der Waals surface area contributed by atoms with E-state index >= 15 is 0 Å². The number of rotatable bonds is 2. The third-order valence-electron chi connectivity index (χ3n) is 2.89. The summed E-state index contributed by atoms with van der Waals surface area (Å²) in [6, 6.07) is 0.958. The van der Waals surface area contributed by atoms with Crippen LogP contribution in [0.5, 0.6) is 0 Å². The van der Waals surface area contributed by atoms with Gasteiger partial charge in [-0.2, -0.15) is 0 Å². The van der Waals surface area contributed by atoms with Gasteiger partial charge in [0, 0.05) is 19.3 Å². The number of hydrogen-bond acceptors (Lipinski definition) is 5. The molecule has 1 fully saturated rings. The van der Waals surface area contributed by atoms with E-state index in [4.69, 9.17) is 5.73 Å². The fourth-order valence-electron chi connectivity index (χ4n) is 1.96. The smallest absolute Gasteiger partial charge is 0.310 e. The Morgan fingerprint density at radius 1 is 1.65 bits per heavy atom. The maximum absolute atomic E-state index is 13.2. The summed E-state index contributed by atoms with van der Waals surface area (Å²) in [5.41, 5.74) is 6.01. The van der Waals surface area contributed by atoms with Gasteiger partial charge in [-0.25, -0.2) is 4.39 Å². The molecule has 6 nitrogen and oxygen atoms in total. The number of anilines is 1. The van der Waals surface area contributed by atoms with E-state index in [2.05, 4.69) is 4.98 Å². The van der Waals surface area contributed by atoms with Crippen LogP contribution in [0.25, 0.3) is 0 Å². The molecule has 0 bridgehead atoms. The van der Waals surface area contributed by atoms with Crippen molar-refractivity contribution in [3.8, 4) is 0 Å². The van der Waals surface area contributed by atoms with Gasteiger partial charge in [-0.05, 0) is 12.5 Å². The molecule has 17 heavy (non-hydrogen) atoms. The summed E-state index contributed by atoms with van der Waals surface area (Å²) in [6.45, 7) is 0.714. The van der Waals surface area contributed by atoms with Gasteiger partial charge >= 0.3 is 5.69 Å². The van der Waals surface area contributed by atoms with Crippen LogP contribution < -0.4 is 10.6 Å². The van der Waals surface area contributed by atoms with Gasteiger partial charge in [0.05, 0.1) is 11.0 Å². The van der Waals surface area contributed by atoms with Crippen molar-refractivity contribution in [2.24, 2.45) is 5.73 Å². The first-order valence-corrected chi connectivity index (χ1v) is 5.32. The van der Waals surface area contributed by atoms with Crippen molar-refractivity contribution in [1.29, 1.82) is 0 Å². The molecule has 1 saturated heterocycles. The standard InChI is InChI=1S/C10H13FN4O2/c11-7-2-4-14(6-8(7)12)9-1-3-13-5-10(9)15(16)17/h1,3,5,7-8H,2,4,6,12H2. The van der Waals surface area contributed by atoms with Crippen LogP contribution in [0.15, 0.2) is 18.5 Å². The van der Waals surface area contributed by atoms with Crippen molar-refractivity contribution >= 4 is 11.4 Å². The minimum atomic E-state index is -1.04. The molecule has 0 aliphatic carbocycles. The second-order valence-electron chi connectivity index (χ2n) is 4.04. The summed E-state index contributed by atoms with van der Waals surface area (Å²) in [5, 5.41) is 10.8. The zero-order valence-electron chi connectivity index (χ0n) is 9.12. The lowest BCUT2D eigenvalue weighted by molar-refractivity contribution is -0.384. The topological polar surface area (TPSA) is 85.3 Å². The van der Waals surface area contributed by atoms with E-state index < -0.39 is 17.1 Å². The van der Waals surface area contributed by atoms with Crippen LogP contribution in [0.3, 0.4) is 0 Å². The Kier molecular flexibility index (Phi) is 3.19. The highest BCUT2D eigenvalue weighted by Crippen LogP contribution is 2.29. The molecule has 0 spiro atoms. The Balaban J connectivity index is 2.25. The van der Waals surface area contributed by atoms with Crippen molar-refractivity contribution in [3.63, 3.8) is 0 Å². The molecule has 2 atom stereocenters. The van der Waals surface area contributed by atoms with Gasteiger partial charge in [0.15, 0.2) is 0 Å². The maximum atomic E-state index is 13.2. The molecule has 1 aliphatic rings. The van der Waals surface area contributed by atoms with Crippen LogP contribution in [0, 0.1) is 10.1 Å². The number of alkyl halides is 1. The molecule has 2 rings (SSSR count). The van der Waals surface area contributed by atoms with Gasteiger partial charge in [-0.15, -0.1) is 0 Å². The average molecular weight is 240 g/mol. The van der Waals surface area contributed by atoms with Crippen LogP contribution >= 0.6 is 0 Å². The molecule has 0 amide bonds. The van der Waals surface area contributed by atoms with E-state index in [1.165, 1.54) is 12.4 Å². The molecule has 2 N–H and O–H groups in total. The quantitative estimate of drug-likeness (QED) is 0.612. The van der Waals surface area contributed by atoms with Crippen molar-refractivity contribution < 1.29 is 9.31 Å². The number of aromatic nitrogens is 1. The molecule has 7 heteroatoms. The van der Waals surface area contributed by atoms with Crippen LogP contribution in [0.1, 0.15) is 6.42 Å². The van der Waals surface area contributed by atoms with E-state index in [1.54, 1.807) is 11.0 Å². The lowest BCUT2D eigenvalue weighted by Gasteiger charge is -2.34. The minimum Gasteiger partial charge on any atom is -0.364 e. The van der Waals surface area contributed by atoms with E-state index in [0.29, 0.717) is 18.7 Å². The summed E-state index contributed by atoms with van der Waals surface area (Å²) >= 11 is 0. The molecular weight excluding hydrogens is 227 g/mol. The Labute approximate surface area is 97.4 Å². The lowest BCUT2D eigenvalue weighted by atomic mass is 10.0. The largest absolute Gasteiger partial charge is 0.364 e. The number of pyridine rings is 1. The molecule has 1 aromatic heterocycles. The summed E-state index contributed by atoms with van der Waals surface area (Å²) in [4.78, 5) is 15.8. The molecule has 1 aromatic rings. The fourth-order valence-corrected chi connectivity index (χ4v) is 1.96. The van der Waals surface area contributed by atoms with E-state index in [9.17, 15) is 14.5 Å².